The molecule has 0 bridgehead atoms. The van der Waals surface area contributed by atoms with Crippen molar-refractivity contribution in [3.63, 3.8) is 0 Å². The van der Waals surface area contributed by atoms with Crippen molar-refractivity contribution in [2.75, 3.05) is 5.75 Å². The number of hydrogen-bond acceptors (Lipinski definition) is 5. The molecule has 0 aromatic carbocycles. The average molecular weight is 296 g/mol. The van der Waals surface area contributed by atoms with Crippen molar-refractivity contribution >= 4 is 34.7 Å². The number of carbonyl (C=O) groups is 2. The zero-order valence-corrected chi connectivity index (χ0v) is 11.3. The van der Waals surface area contributed by atoms with Crippen LogP contribution in [0, 0.1) is 0 Å². The maximum absolute atomic E-state index is 12.0. The number of primary amides is 1. The van der Waals surface area contributed by atoms with Gasteiger partial charge in [-0.05, 0) is 5.75 Å². The number of nitrogens with zero attached hydrogens (tertiary/aromatic N) is 1. The van der Waals surface area contributed by atoms with Crippen LogP contribution < -0.4 is 11.3 Å². The van der Waals surface area contributed by atoms with Gasteiger partial charge in [0.05, 0.1) is 16.0 Å². The lowest BCUT2D eigenvalue weighted by Crippen LogP contribution is -2.18. The monoisotopic (exact) mass is 296 g/mol. The first-order valence-electron chi connectivity index (χ1n) is 5.73. The summed E-state index contributed by atoms with van der Waals surface area (Å²) in [7, 11) is 0. The fraction of sp³-hybridized carbons (Fsp3) is 0.273. The molecule has 2 heterocycles. The first-order chi connectivity index (χ1) is 9.43. The summed E-state index contributed by atoms with van der Waals surface area (Å²) in [5.41, 5.74) is 4.96. The molecule has 0 fully saturated rings. The van der Waals surface area contributed by atoms with Crippen LogP contribution in [0.25, 0.3) is 11.0 Å². The minimum absolute atomic E-state index is 0.0142. The number of carbonyl (C=O) groups excluding carboxylic acids is 1. The molecule has 20 heavy (non-hydrogen) atoms. The molecule has 8 nitrogen and oxygen atoms in total. The van der Waals surface area contributed by atoms with Gasteiger partial charge in [0.1, 0.15) is 17.9 Å². The number of hydrogen-bond donors (Lipinski definition) is 4. The number of carboxylic acid groups (broad SMARTS) is 1. The van der Waals surface area contributed by atoms with Crippen molar-refractivity contribution < 1.29 is 14.7 Å². The molecule has 0 aliphatic heterocycles. The summed E-state index contributed by atoms with van der Waals surface area (Å²) < 4.78 is 0. The number of carboxylic acids is 1. The Kier molecular flexibility index (Phi) is 3.79. The molecular weight excluding hydrogens is 284 g/mol. The first-order valence-corrected chi connectivity index (χ1v) is 6.71. The van der Waals surface area contributed by atoms with Gasteiger partial charge < -0.3 is 20.8 Å². The smallest absolute Gasteiger partial charge is 0.311 e. The molecule has 1 amide bonds. The topological polar surface area (TPSA) is 142 Å². The van der Waals surface area contributed by atoms with E-state index in [1.165, 1.54) is 11.8 Å². The number of aromatic nitrogens is 3. The predicted molar refractivity (Wildman–Crippen MR) is 73.0 cm³/mol. The Bertz CT molecular complexity index is 749. The van der Waals surface area contributed by atoms with Crippen LogP contribution in [-0.4, -0.2) is 37.7 Å². The zero-order valence-electron chi connectivity index (χ0n) is 10.5. The minimum atomic E-state index is -1.11. The fourth-order valence-electron chi connectivity index (χ4n) is 1.84. The van der Waals surface area contributed by atoms with Crippen LogP contribution in [0.15, 0.2) is 9.82 Å². The summed E-state index contributed by atoms with van der Waals surface area (Å²) in [6, 6.07) is 0. The molecular formula is C11H12N4O4S. The molecule has 0 unspecified atom stereocenters. The second-order valence-electron chi connectivity index (χ2n) is 3.93. The van der Waals surface area contributed by atoms with Crippen LogP contribution in [0.3, 0.4) is 0 Å². The van der Waals surface area contributed by atoms with E-state index >= 15 is 0 Å². The largest absolute Gasteiger partial charge is 0.481 e. The van der Waals surface area contributed by atoms with Crippen molar-refractivity contribution in [2.45, 2.75) is 18.4 Å². The number of rotatable bonds is 5. The maximum Gasteiger partial charge on any atom is 0.311 e. The normalized spacial score (nSPS) is 10.8. The van der Waals surface area contributed by atoms with E-state index in [1.54, 1.807) is 0 Å². The number of aliphatic carboxylic acids is 1. The summed E-state index contributed by atoms with van der Waals surface area (Å²) in [6.45, 7) is 1.88. The number of H-pyrrole nitrogens is 2. The Morgan fingerprint density at radius 1 is 1.40 bits per heavy atom. The van der Waals surface area contributed by atoms with Gasteiger partial charge >= 0.3 is 5.97 Å². The maximum atomic E-state index is 12.0. The number of thioether (sulfide) groups is 1. The molecule has 0 saturated carbocycles. The van der Waals surface area contributed by atoms with Gasteiger partial charge in [0.15, 0.2) is 0 Å². The molecule has 2 aromatic heterocycles. The van der Waals surface area contributed by atoms with Gasteiger partial charge in [0.25, 0.3) is 11.5 Å². The van der Waals surface area contributed by atoms with Gasteiger partial charge in [0, 0.05) is 0 Å². The second-order valence-corrected chi connectivity index (χ2v) is 5.21. The third kappa shape index (κ3) is 2.52. The Hall–Kier alpha value is -2.29. The van der Waals surface area contributed by atoms with Crippen LogP contribution in [0.1, 0.15) is 23.1 Å². The lowest BCUT2D eigenvalue weighted by atomic mass is 10.2. The summed E-state index contributed by atoms with van der Waals surface area (Å²) in [5.74, 6) is -1.16. The van der Waals surface area contributed by atoms with Crippen LogP contribution >= 0.6 is 11.8 Å². The van der Waals surface area contributed by atoms with Crippen molar-refractivity contribution in [2.24, 2.45) is 5.73 Å². The number of fused-ring (bicyclic) bond motifs is 1. The van der Waals surface area contributed by atoms with Gasteiger partial charge in [-0.15, -0.1) is 11.8 Å². The lowest BCUT2D eigenvalue weighted by molar-refractivity contribution is -0.136. The molecule has 0 aliphatic rings. The van der Waals surface area contributed by atoms with E-state index in [2.05, 4.69) is 15.0 Å². The minimum Gasteiger partial charge on any atom is -0.481 e. The molecule has 0 radical (unpaired) electrons. The fourth-order valence-corrected chi connectivity index (χ4v) is 2.65. The van der Waals surface area contributed by atoms with Crippen LogP contribution in [0.4, 0.5) is 0 Å². The van der Waals surface area contributed by atoms with E-state index in [0.29, 0.717) is 10.8 Å². The highest BCUT2D eigenvalue weighted by Crippen LogP contribution is 2.26. The highest BCUT2D eigenvalue weighted by atomic mass is 32.2. The molecule has 106 valence electrons. The second kappa shape index (κ2) is 5.37. The van der Waals surface area contributed by atoms with Gasteiger partial charge in [0.2, 0.25) is 0 Å². The summed E-state index contributed by atoms with van der Waals surface area (Å²) >= 11 is 1.32. The highest BCUT2D eigenvalue weighted by molar-refractivity contribution is 7.99. The summed E-state index contributed by atoms with van der Waals surface area (Å²) in [6.07, 6.45) is -0.410. The zero-order chi connectivity index (χ0) is 14.9. The number of aromatic amines is 2. The van der Waals surface area contributed by atoms with Crippen LogP contribution in [0.5, 0.6) is 0 Å². The third-order valence-corrected chi connectivity index (χ3v) is 3.41. The number of nitrogens with two attached hydrogens (primary N) is 1. The Morgan fingerprint density at radius 3 is 2.65 bits per heavy atom. The first kappa shape index (κ1) is 14.1. The van der Waals surface area contributed by atoms with E-state index in [4.69, 9.17) is 10.8 Å². The van der Waals surface area contributed by atoms with E-state index in [1.807, 2.05) is 6.92 Å². The molecule has 0 aliphatic carbocycles. The highest BCUT2D eigenvalue weighted by Gasteiger charge is 2.21. The van der Waals surface area contributed by atoms with Crippen LogP contribution in [0.2, 0.25) is 0 Å². The molecule has 0 saturated heterocycles. The molecule has 0 spiro atoms. The van der Waals surface area contributed by atoms with E-state index < -0.39 is 23.9 Å². The molecule has 2 rings (SSSR count). The Morgan fingerprint density at radius 2 is 2.10 bits per heavy atom. The van der Waals surface area contributed by atoms with Gasteiger partial charge in [-0.3, -0.25) is 14.4 Å². The summed E-state index contributed by atoms with van der Waals surface area (Å²) in [5, 5.41) is 9.23. The SMILES string of the molecule is CCSc1[nH]c2nc(CC(=O)O)[nH]c(=O)c2c1C(N)=O. The molecule has 9 heteroatoms. The van der Waals surface area contributed by atoms with Crippen molar-refractivity contribution in [3.8, 4) is 0 Å². The van der Waals surface area contributed by atoms with Crippen molar-refractivity contribution in [1.29, 1.82) is 0 Å². The quantitative estimate of drug-likeness (QED) is 0.576. The van der Waals surface area contributed by atoms with Gasteiger partial charge in [-0.1, -0.05) is 6.92 Å². The predicted octanol–water partition coefficient (Wildman–Crippen LogP) is 0.0892. The van der Waals surface area contributed by atoms with Gasteiger partial charge in [-0.25, -0.2) is 4.98 Å². The number of amides is 1. The Labute approximate surface area is 116 Å². The average Bonchev–Trinajstić information content (AvgIpc) is 2.67. The standard InChI is InChI=1S/C11H12N4O4S/c1-2-20-11-6(8(12)18)7-9(15-11)13-4(3-5(16)17)14-10(7)19/h2-3H2,1H3,(H2,12,18)(H,16,17)(H2,13,14,15,19). The Balaban J connectivity index is 2.70. The van der Waals surface area contributed by atoms with E-state index in [-0.39, 0.29) is 22.4 Å². The van der Waals surface area contributed by atoms with E-state index in [9.17, 15) is 14.4 Å². The van der Waals surface area contributed by atoms with Crippen molar-refractivity contribution in [3.05, 3.63) is 21.7 Å². The summed E-state index contributed by atoms with van der Waals surface area (Å²) in [4.78, 5) is 43.3. The molecule has 2 aromatic rings. The van der Waals surface area contributed by atoms with Crippen LogP contribution in [-0.2, 0) is 11.2 Å². The van der Waals surface area contributed by atoms with Crippen molar-refractivity contribution in [1.82, 2.24) is 15.0 Å². The van der Waals surface area contributed by atoms with Gasteiger partial charge in [-0.2, -0.15) is 0 Å². The molecule has 5 N–H and O–H groups in total. The lowest BCUT2D eigenvalue weighted by Gasteiger charge is -1.98. The number of nitrogens with one attached hydrogen (secondary N) is 2. The third-order valence-electron chi connectivity index (χ3n) is 2.53. The van der Waals surface area contributed by atoms with E-state index in [0.717, 1.165) is 0 Å². The molecule has 0 atom stereocenters.